The molecule has 2 fully saturated rings. The number of fused-ring (bicyclic) bond motifs is 2. The maximum Gasteiger partial charge on any atom is 0.264 e. The standard InChI is InChI=1S/C52H54N8O10S/c1-52(18-16-42(61)55-50(52)67)60-48(65)39-8-5-9-41(44(39)49(60)66)53-19-26-69-28-30-70-29-27-68-25-17-43(62)58-23-21-57(22-24-58)38-14-12-34(13-15-38)36-10-11-37-33-59(47(64)40(37)32-36)45(35-6-3-2-4-7-35)46(63)56-51-54-20-31-71-51/h2-15,20,31-32,45,53H,16-19,21-30,33H2,1H3,(H,54,56,63)(H,55,61,67). The predicted molar refractivity (Wildman–Crippen MR) is 264 cm³/mol. The van der Waals surface area contributed by atoms with E-state index in [9.17, 15) is 33.6 Å². The number of aromatic nitrogens is 1. The second-order valence-corrected chi connectivity index (χ2v) is 18.6. The molecule has 7 amide bonds. The molecule has 2 atom stereocenters. The van der Waals surface area contributed by atoms with E-state index in [0.29, 0.717) is 88.7 Å². The molecule has 4 aromatic carbocycles. The van der Waals surface area contributed by atoms with Crippen LogP contribution in [0.4, 0.5) is 16.5 Å². The van der Waals surface area contributed by atoms with E-state index in [2.05, 4.69) is 38.0 Å². The molecular formula is C52H54N8O10S. The number of carbonyl (C=O) groups excluding carboxylic acids is 7. The van der Waals surface area contributed by atoms with Gasteiger partial charge in [0.05, 0.1) is 57.2 Å². The van der Waals surface area contributed by atoms with Crippen LogP contribution in [0.5, 0.6) is 0 Å². The topological polar surface area (TPSA) is 209 Å². The largest absolute Gasteiger partial charge is 0.382 e. The van der Waals surface area contributed by atoms with Crippen molar-refractivity contribution in [2.45, 2.75) is 44.3 Å². The predicted octanol–water partition coefficient (Wildman–Crippen LogP) is 5.14. The van der Waals surface area contributed by atoms with Gasteiger partial charge in [0, 0.05) is 74.2 Å². The Morgan fingerprint density at radius 1 is 0.775 bits per heavy atom. The van der Waals surface area contributed by atoms with E-state index < -0.39 is 35.2 Å². The summed E-state index contributed by atoms with van der Waals surface area (Å²) in [5.41, 5.74) is 4.45. The molecule has 71 heavy (non-hydrogen) atoms. The highest BCUT2D eigenvalue weighted by Gasteiger charge is 2.53. The van der Waals surface area contributed by atoms with Crippen molar-refractivity contribution in [3.05, 3.63) is 130 Å². The second-order valence-electron chi connectivity index (χ2n) is 17.7. The van der Waals surface area contributed by atoms with Crippen LogP contribution in [-0.2, 0) is 39.9 Å². The number of piperazine rings is 1. The summed E-state index contributed by atoms with van der Waals surface area (Å²) in [4.78, 5) is 103. The summed E-state index contributed by atoms with van der Waals surface area (Å²) in [5.74, 6) is -2.75. The molecule has 18 nitrogen and oxygen atoms in total. The first-order chi connectivity index (χ1) is 34.5. The number of carbonyl (C=O) groups is 7. The van der Waals surface area contributed by atoms with Gasteiger partial charge in [-0.3, -0.25) is 49.1 Å². The fraction of sp³-hybridized carbons (Fsp3) is 0.346. The molecule has 2 unspecified atom stereocenters. The van der Waals surface area contributed by atoms with Gasteiger partial charge in [0.15, 0.2) is 5.13 Å². The van der Waals surface area contributed by atoms with Crippen molar-refractivity contribution in [3.8, 4) is 11.1 Å². The number of piperidine rings is 1. The molecule has 1 aromatic heterocycles. The minimum Gasteiger partial charge on any atom is -0.382 e. The average molecular weight is 983 g/mol. The molecule has 0 radical (unpaired) electrons. The fourth-order valence-electron chi connectivity index (χ4n) is 9.36. The molecule has 2 saturated heterocycles. The Bertz CT molecular complexity index is 2800. The molecule has 19 heteroatoms. The van der Waals surface area contributed by atoms with E-state index in [1.165, 1.54) is 18.3 Å². The molecule has 0 spiro atoms. The van der Waals surface area contributed by atoms with Crippen molar-refractivity contribution in [3.63, 3.8) is 0 Å². The zero-order valence-electron chi connectivity index (χ0n) is 39.2. The fourth-order valence-corrected chi connectivity index (χ4v) is 9.90. The lowest BCUT2D eigenvalue weighted by Crippen LogP contribution is -2.62. The van der Waals surface area contributed by atoms with E-state index in [-0.39, 0.29) is 54.7 Å². The van der Waals surface area contributed by atoms with Crippen LogP contribution in [0.1, 0.15) is 74.4 Å². The number of hydrogen-bond donors (Lipinski definition) is 3. The first kappa shape index (κ1) is 48.7. The van der Waals surface area contributed by atoms with Gasteiger partial charge in [-0.15, -0.1) is 11.3 Å². The molecule has 0 saturated carbocycles. The van der Waals surface area contributed by atoms with Crippen LogP contribution in [-0.4, -0.2) is 139 Å². The van der Waals surface area contributed by atoms with Crippen LogP contribution in [0, 0.1) is 0 Å². The van der Waals surface area contributed by atoms with Gasteiger partial charge in [-0.25, -0.2) is 4.98 Å². The molecule has 0 aliphatic carbocycles. The van der Waals surface area contributed by atoms with Gasteiger partial charge in [0.25, 0.3) is 29.5 Å². The average Bonchev–Trinajstić information content (AvgIpc) is 4.09. The van der Waals surface area contributed by atoms with E-state index in [4.69, 9.17) is 14.2 Å². The smallest absolute Gasteiger partial charge is 0.264 e. The van der Waals surface area contributed by atoms with Crippen LogP contribution in [0.2, 0.25) is 0 Å². The number of rotatable bonds is 20. The van der Waals surface area contributed by atoms with Crippen LogP contribution < -0.4 is 20.9 Å². The minimum atomic E-state index is -1.47. The lowest BCUT2D eigenvalue weighted by atomic mass is 9.89. The number of thiazole rings is 1. The molecule has 5 heterocycles. The van der Waals surface area contributed by atoms with Crippen molar-refractivity contribution >= 4 is 69.2 Å². The van der Waals surface area contributed by atoms with Gasteiger partial charge in [0.2, 0.25) is 11.8 Å². The third-order valence-corrected chi connectivity index (χ3v) is 13.9. The molecular weight excluding hydrogens is 929 g/mol. The number of hydrogen-bond acceptors (Lipinski definition) is 14. The summed E-state index contributed by atoms with van der Waals surface area (Å²) in [7, 11) is 0. The van der Waals surface area contributed by atoms with Gasteiger partial charge in [-0.2, -0.15) is 0 Å². The van der Waals surface area contributed by atoms with Crippen LogP contribution in [0.3, 0.4) is 0 Å². The highest BCUT2D eigenvalue weighted by atomic mass is 32.1. The van der Waals surface area contributed by atoms with Gasteiger partial charge >= 0.3 is 0 Å². The number of anilines is 3. The first-order valence-corrected chi connectivity index (χ1v) is 24.5. The Kier molecular flexibility index (Phi) is 14.9. The molecule has 4 aliphatic rings. The Morgan fingerprint density at radius 2 is 1.49 bits per heavy atom. The van der Waals surface area contributed by atoms with Crippen molar-refractivity contribution in [1.82, 2.24) is 25.0 Å². The van der Waals surface area contributed by atoms with Crippen molar-refractivity contribution in [2.24, 2.45) is 0 Å². The molecule has 0 bridgehead atoms. The Hall–Kier alpha value is -7.32. The quantitative estimate of drug-likeness (QED) is 0.0683. The number of amides is 7. The number of nitrogens with zero attached hydrogens (tertiary/aromatic N) is 5. The summed E-state index contributed by atoms with van der Waals surface area (Å²) in [6.07, 6.45) is 1.98. The molecule has 4 aliphatic heterocycles. The van der Waals surface area contributed by atoms with Crippen molar-refractivity contribution in [1.29, 1.82) is 0 Å². The van der Waals surface area contributed by atoms with Crippen molar-refractivity contribution in [2.75, 3.05) is 87.9 Å². The maximum absolute atomic E-state index is 14.0. The summed E-state index contributed by atoms with van der Waals surface area (Å²) in [6, 6.07) is 27.5. The highest BCUT2D eigenvalue weighted by molar-refractivity contribution is 7.13. The van der Waals surface area contributed by atoms with E-state index in [1.54, 1.807) is 34.7 Å². The normalized spacial score (nSPS) is 18.1. The van der Waals surface area contributed by atoms with E-state index >= 15 is 0 Å². The third kappa shape index (κ3) is 10.6. The SMILES string of the molecule is CC1(N2C(=O)c3cccc(NCCOCCOCCOCCC(=O)N4CCN(c5ccc(-c6ccc7c(c6)C(=O)N(C(C(=O)Nc6nccs6)c6ccccc6)C7)cc5)CC4)c3C2=O)CCC(=O)NC1=O. The van der Waals surface area contributed by atoms with Gasteiger partial charge < -0.3 is 34.2 Å². The van der Waals surface area contributed by atoms with Crippen LogP contribution in [0.25, 0.3) is 11.1 Å². The summed E-state index contributed by atoms with van der Waals surface area (Å²) in [6.45, 7) is 6.67. The molecule has 5 aromatic rings. The van der Waals surface area contributed by atoms with Crippen molar-refractivity contribution < 1.29 is 47.8 Å². The third-order valence-electron chi connectivity index (χ3n) is 13.2. The summed E-state index contributed by atoms with van der Waals surface area (Å²) < 4.78 is 17.0. The monoisotopic (exact) mass is 982 g/mol. The number of ether oxygens (including phenoxy) is 3. The lowest BCUT2D eigenvalue weighted by molar-refractivity contribution is -0.141. The van der Waals surface area contributed by atoms with Gasteiger partial charge in [-0.05, 0) is 65.9 Å². The Balaban J connectivity index is 0.646. The zero-order chi connectivity index (χ0) is 49.5. The Morgan fingerprint density at radius 3 is 2.21 bits per heavy atom. The second kappa shape index (κ2) is 21.8. The highest BCUT2D eigenvalue weighted by Crippen LogP contribution is 2.38. The minimum absolute atomic E-state index is 0.0292. The van der Waals surface area contributed by atoms with Crippen LogP contribution >= 0.6 is 11.3 Å². The zero-order valence-corrected chi connectivity index (χ0v) is 40.0. The molecule has 9 rings (SSSR count). The van der Waals surface area contributed by atoms with E-state index in [0.717, 1.165) is 32.8 Å². The number of nitrogens with one attached hydrogen (secondary N) is 3. The summed E-state index contributed by atoms with van der Waals surface area (Å²) >= 11 is 1.32. The van der Waals surface area contributed by atoms with Gasteiger partial charge in [0.1, 0.15) is 11.6 Å². The van der Waals surface area contributed by atoms with Gasteiger partial charge in [-0.1, -0.05) is 60.7 Å². The summed E-state index contributed by atoms with van der Waals surface area (Å²) in [5, 5.41) is 10.5. The van der Waals surface area contributed by atoms with E-state index in [1.807, 2.05) is 65.6 Å². The first-order valence-electron chi connectivity index (χ1n) is 23.7. The maximum atomic E-state index is 14.0. The molecule has 368 valence electrons. The lowest BCUT2D eigenvalue weighted by Gasteiger charge is -2.38. The molecule has 3 N–H and O–H groups in total. The van der Waals surface area contributed by atoms with Crippen LogP contribution in [0.15, 0.2) is 103 Å². The Labute approximate surface area is 414 Å². The number of imide groups is 2. The number of benzene rings is 4.